The number of likely N-dealkylation sites (N-methyl/N-ethyl adjacent to an activating group) is 1. The summed E-state index contributed by atoms with van der Waals surface area (Å²) in [5, 5.41) is 3.23. The molecule has 0 bridgehead atoms. The van der Waals surface area contributed by atoms with E-state index < -0.39 is 0 Å². The lowest BCUT2D eigenvalue weighted by atomic mass is 10.2. The standard InChI is InChI=1S/C13H18ClN3O2/c1-17(10-4-5-19-8-10)7-13(18)16-12-3-2-9(15)6-11(12)14/h2-3,6,10H,4-5,7-8,15H2,1H3,(H,16,18). The fourth-order valence-corrected chi connectivity index (χ4v) is 2.28. The molecule has 0 aromatic heterocycles. The summed E-state index contributed by atoms with van der Waals surface area (Å²) in [5.74, 6) is -0.0962. The maximum Gasteiger partial charge on any atom is 0.238 e. The Labute approximate surface area is 117 Å². The zero-order chi connectivity index (χ0) is 13.8. The molecule has 2 rings (SSSR count). The molecule has 5 nitrogen and oxygen atoms in total. The van der Waals surface area contributed by atoms with Gasteiger partial charge >= 0.3 is 0 Å². The third-order valence-electron chi connectivity index (χ3n) is 3.19. The summed E-state index contributed by atoms with van der Waals surface area (Å²) in [6.45, 7) is 1.77. The number of nitrogens with zero attached hydrogens (tertiary/aromatic N) is 1. The smallest absolute Gasteiger partial charge is 0.238 e. The van der Waals surface area contributed by atoms with E-state index in [1.165, 1.54) is 0 Å². The molecule has 1 aromatic carbocycles. The number of carbonyl (C=O) groups is 1. The molecule has 3 N–H and O–H groups in total. The van der Waals surface area contributed by atoms with Crippen LogP contribution in [0.25, 0.3) is 0 Å². The van der Waals surface area contributed by atoms with Crippen molar-refractivity contribution < 1.29 is 9.53 Å². The van der Waals surface area contributed by atoms with E-state index in [2.05, 4.69) is 5.32 Å². The number of halogens is 1. The average Bonchev–Trinajstić information content (AvgIpc) is 2.86. The van der Waals surface area contributed by atoms with Gasteiger partial charge in [-0.15, -0.1) is 0 Å². The van der Waals surface area contributed by atoms with Crippen molar-refractivity contribution >= 4 is 28.9 Å². The average molecular weight is 284 g/mol. The van der Waals surface area contributed by atoms with Gasteiger partial charge in [0.1, 0.15) is 0 Å². The van der Waals surface area contributed by atoms with E-state index in [4.69, 9.17) is 22.1 Å². The number of hydrogen-bond donors (Lipinski definition) is 2. The first kappa shape index (κ1) is 14.1. The summed E-state index contributed by atoms with van der Waals surface area (Å²) >= 11 is 6.01. The van der Waals surface area contributed by atoms with Crippen molar-refractivity contribution in [2.24, 2.45) is 0 Å². The van der Waals surface area contributed by atoms with E-state index in [-0.39, 0.29) is 5.91 Å². The van der Waals surface area contributed by atoms with Gasteiger partial charge in [0.2, 0.25) is 5.91 Å². The predicted molar refractivity (Wildman–Crippen MR) is 76.3 cm³/mol. The van der Waals surface area contributed by atoms with E-state index >= 15 is 0 Å². The van der Waals surface area contributed by atoms with Crippen molar-refractivity contribution in [1.29, 1.82) is 0 Å². The Balaban J connectivity index is 1.89. The van der Waals surface area contributed by atoms with E-state index in [0.717, 1.165) is 13.0 Å². The molecule has 0 radical (unpaired) electrons. The quantitative estimate of drug-likeness (QED) is 0.824. The molecule has 1 aromatic rings. The SMILES string of the molecule is CN(CC(=O)Nc1ccc(N)cc1Cl)C1CCOC1. The van der Waals surface area contributed by atoms with Crippen LogP contribution in [0.3, 0.4) is 0 Å². The molecule has 19 heavy (non-hydrogen) atoms. The van der Waals surface area contributed by atoms with Gasteiger partial charge in [0.05, 0.1) is 23.9 Å². The molecule has 0 spiro atoms. The van der Waals surface area contributed by atoms with Gasteiger partial charge in [-0.05, 0) is 31.7 Å². The third-order valence-corrected chi connectivity index (χ3v) is 3.50. The van der Waals surface area contributed by atoms with Gasteiger partial charge < -0.3 is 15.8 Å². The maximum absolute atomic E-state index is 11.9. The first-order chi connectivity index (χ1) is 9.06. The Morgan fingerprint density at radius 1 is 1.63 bits per heavy atom. The highest BCUT2D eigenvalue weighted by molar-refractivity contribution is 6.34. The second-order valence-corrected chi connectivity index (χ2v) is 5.13. The molecule has 104 valence electrons. The third kappa shape index (κ3) is 3.83. The van der Waals surface area contributed by atoms with E-state index in [1.807, 2.05) is 11.9 Å². The number of nitrogens with one attached hydrogen (secondary N) is 1. The van der Waals surface area contributed by atoms with Crippen LogP contribution in [0.15, 0.2) is 18.2 Å². The summed E-state index contributed by atoms with van der Waals surface area (Å²) in [7, 11) is 1.92. The summed E-state index contributed by atoms with van der Waals surface area (Å²) in [6.07, 6.45) is 0.965. The lowest BCUT2D eigenvalue weighted by Crippen LogP contribution is -2.38. The highest BCUT2D eigenvalue weighted by Crippen LogP contribution is 2.24. The number of anilines is 2. The van der Waals surface area contributed by atoms with Crippen LogP contribution in [0.5, 0.6) is 0 Å². The van der Waals surface area contributed by atoms with Crippen LogP contribution in [0, 0.1) is 0 Å². The Kier molecular flexibility index (Phi) is 4.63. The summed E-state index contributed by atoms with van der Waals surface area (Å²) < 4.78 is 5.30. The van der Waals surface area contributed by atoms with E-state index in [0.29, 0.717) is 35.6 Å². The minimum absolute atomic E-state index is 0.0962. The molecule has 1 aliphatic heterocycles. The van der Waals surface area contributed by atoms with Crippen molar-refractivity contribution in [2.45, 2.75) is 12.5 Å². The Bertz CT molecular complexity index is 461. The molecule has 1 aliphatic rings. The van der Waals surface area contributed by atoms with Crippen LogP contribution < -0.4 is 11.1 Å². The van der Waals surface area contributed by atoms with Gasteiger partial charge in [-0.2, -0.15) is 0 Å². The van der Waals surface area contributed by atoms with Gasteiger partial charge in [0.15, 0.2) is 0 Å². The second kappa shape index (κ2) is 6.23. The Morgan fingerprint density at radius 3 is 3.05 bits per heavy atom. The van der Waals surface area contributed by atoms with Crippen LogP contribution in [-0.2, 0) is 9.53 Å². The number of carbonyl (C=O) groups excluding carboxylic acids is 1. The zero-order valence-electron chi connectivity index (χ0n) is 10.9. The first-order valence-corrected chi connectivity index (χ1v) is 6.57. The minimum atomic E-state index is -0.0962. The largest absolute Gasteiger partial charge is 0.399 e. The molecule has 0 saturated carbocycles. The van der Waals surface area contributed by atoms with Gasteiger partial charge in [-0.25, -0.2) is 0 Å². The summed E-state index contributed by atoms with van der Waals surface area (Å²) in [6, 6.07) is 5.34. The van der Waals surface area contributed by atoms with Crippen LogP contribution in [0.2, 0.25) is 5.02 Å². The molecular formula is C13H18ClN3O2. The maximum atomic E-state index is 11.9. The summed E-state index contributed by atoms with van der Waals surface area (Å²) in [5.41, 5.74) is 6.76. The van der Waals surface area contributed by atoms with Gasteiger partial charge in [0, 0.05) is 18.3 Å². The second-order valence-electron chi connectivity index (χ2n) is 4.72. The number of amides is 1. The molecule has 1 atom stereocenters. The van der Waals surface area contributed by atoms with Gasteiger partial charge in [-0.1, -0.05) is 11.6 Å². The van der Waals surface area contributed by atoms with Crippen molar-refractivity contribution in [3.05, 3.63) is 23.2 Å². The van der Waals surface area contributed by atoms with Crippen LogP contribution in [-0.4, -0.2) is 43.7 Å². The number of benzene rings is 1. The van der Waals surface area contributed by atoms with Gasteiger partial charge in [0.25, 0.3) is 0 Å². The number of nitrogens with two attached hydrogens (primary N) is 1. The zero-order valence-corrected chi connectivity index (χ0v) is 11.6. The molecular weight excluding hydrogens is 266 g/mol. The van der Waals surface area contributed by atoms with Gasteiger partial charge in [-0.3, -0.25) is 9.69 Å². The molecule has 0 aliphatic carbocycles. The van der Waals surface area contributed by atoms with Crippen LogP contribution >= 0.6 is 11.6 Å². The summed E-state index contributed by atoms with van der Waals surface area (Å²) in [4.78, 5) is 13.9. The fourth-order valence-electron chi connectivity index (χ4n) is 2.05. The normalized spacial score (nSPS) is 18.8. The van der Waals surface area contributed by atoms with Crippen LogP contribution in [0.4, 0.5) is 11.4 Å². The molecule has 6 heteroatoms. The molecule has 1 unspecified atom stereocenters. The Hall–Kier alpha value is -1.30. The fraction of sp³-hybridized carbons (Fsp3) is 0.462. The van der Waals surface area contributed by atoms with E-state index in [9.17, 15) is 4.79 Å². The number of nitrogen functional groups attached to an aromatic ring is 1. The molecule has 1 saturated heterocycles. The lowest BCUT2D eigenvalue weighted by Gasteiger charge is -2.22. The number of rotatable bonds is 4. The predicted octanol–water partition coefficient (Wildman–Crippen LogP) is 1.58. The number of ether oxygens (including phenoxy) is 1. The molecule has 1 amide bonds. The Morgan fingerprint density at radius 2 is 2.42 bits per heavy atom. The van der Waals surface area contributed by atoms with Crippen molar-refractivity contribution in [3.8, 4) is 0 Å². The topological polar surface area (TPSA) is 67.6 Å². The minimum Gasteiger partial charge on any atom is -0.399 e. The molecule has 1 fully saturated rings. The highest BCUT2D eigenvalue weighted by Gasteiger charge is 2.22. The highest BCUT2D eigenvalue weighted by atomic mass is 35.5. The van der Waals surface area contributed by atoms with E-state index in [1.54, 1.807) is 18.2 Å². The van der Waals surface area contributed by atoms with Crippen molar-refractivity contribution in [1.82, 2.24) is 4.90 Å². The monoisotopic (exact) mass is 283 g/mol. The van der Waals surface area contributed by atoms with Crippen LogP contribution in [0.1, 0.15) is 6.42 Å². The molecule has 1 heterocycles. The first-order valence-electron chi connectivity index (χ1n) is 6.19. The van der Waals surface area contributed by atoms with Crippen molar-refractivity contribution in [2.75, 3.05) is 37.9 Å². The number of hydrogen-bond acceptors (Lipinski definition) is 4. The lowest BCUT2D eigenvalue weighted by molar-refractivity contribution is -0.117. The van der Waals surface area contributed by atoms with Crippen molar-refractivity contribution in [3.63, 3.8) is 0 Å².